The first-order valence-corrected chi connectivity index (χ1v) is 6.77. The molecule has 1 aliphatic rings. The van der Waals surface area contributed by atoms with Crippen LogP contribution in [0.3, 0.4) is 0 Å². The van der Waals surface area contributed by atoms with Crippen molar-refractivity contribution >= 4 is 0 Å². The number of furan rings is 1. The zero-order chi connectivity index (χ0) is 13.0. The molecule has 0 amide bonds. The summed E-state index contributed by atoms with van der Waals surface area (Å²) < 4.78 is 5.49. The van der Waals surface area contributed by atoms with Crippen molar-refractivity contribution in [3.63, 3.8) is 0 Å². The molecule has 0 aromatic carbocycles. The molecule has 102 valence electrons. The predicted molar refractivity (Wildman–Crippen MR) is 73.5 cm³/mol. The molecule has 4 heteroatoms. The Labute approximate surface area is 110 Å². The first-order chi connectivity index (χ1) is 8.65. The molecule has 2 heterocycles. The first kappa shape index (κ1) is 13.6. The highest BCUT2D eigenvalue weighted by Crippen LogP contribution is 2.14. The minimum Gasteiger partial charge on any atom is -0.468 e. The second-order valence-electron chi connectivity index (χ2n) is 5.69. The average Bonchev–Trinajstić information content (AvgIpc) is 2.73. The Hall–Kier alpha value is -0.840. The molecule has 18 heavy (non-hydrogen) atoms. The van der Waals surface area contributed by atoms with Crippen LogP contribution < -0.4 is 5.32 Å². The monoisotopic (exact) mass is 251 g/mol. The van der Waals surface area contributed by atoms with E-state index >= 15 is 0 Å². The summed E-state index contributed by atoms with van der Waals surface area (Å²) >= 11 is 0. The van der Waals surface area contributed by atoms with Gasteiger partial charge in [-0.3, -0.25) is 4.90 Å². The van der Waals surface area contributed by atoms with Gasteiger partial charge < -0.3 is 14.6 Å². The molecule has 0 bridgehead atoms. The van der Waals surface area contributed by atoms with Crippen LogP contribution in [0.15, 0.2) is 22.8 Å². The van der Waals surface area contributed by atoms with Crippen molar-refractivity contribution in [2.75, 3.05) is 40.3 Å². The zero-order valence-electron chi connectivity index (χ0n) is 11.7. The van der Waals surface area contributed by atoms with Crippen molar-refractivity contribution in [3.8, 4) is 0 Å². The number of nitrogens with zero attached hydrogens (tertiary/aromatic N) is 2. The number of rotatable bonds is 4. The molecule has 0 radical (unpaired) electrons. The lowest BCUT2D eigenvalue weighted by molar-refractivity contribution is 0.143. The van der Waals surface area contributed by atoms with Gasteiger partial charge in [0.05, 0.1) is 12.8 Å². The van der Waals surface area contributed by atoms with Crippen LogP contribution in [0.25, 0.3) is 0 Å². The fraction of sp³-hybridized carbons (Fsp3) is 0.714. The van der Waals surface area contributed by atoms with E-state index in [-0.39, 0.29) is 0 Å². The van der Waals surface area contributed by atoms with Gasteiger partial charge in [-0.25, -0.2) is 0 Å². The zero-order valence-corrected chi connectivity index (χ0v) is 11.7. The summed E-state index contributed by atoms with van der Waals surface area (Å²) in [7, 11) is 4.28. The Balaban J connectivity index is 2.03. The maximum Gasteiger partial charge on any atom is 0.117 e. The van der Waals surface area contributed by atoms with E-state index in [2.05, 4.69) is 42.2 Å². The van der Waals surface area contributed by atoms with Crippen LogP contribution in [0.4, 0.5) is 0 Å². The van der Waals surface area contributed by atoms with Gasteiger partial charge in [-0.15, -0.1) is 0 Å². The molecule has 1 aliphatic heterocycles. The normalized spacial score (nSPS) is 26.4. The summed E-state index contributed by atoms with van der Waals surface area (Å²) in [6.45, 7) is 7.60. The molecule has 0 saturated carbocycles. The van der Waals surface area contributed by atoms with Gasteiger partial charge in [0.1, 0.15) is 5.76 Å². The Morgan fingerprint density at radius 2 is 2.28 bits per heavy atom. The molecular formula is C14H25N3O. The topological polar surface area (TPSA) is 31.6 Å². The van der Waals surface area contributed by atoms with Gasteiger partial charge >= 0.3 is 0 Å². The van der Waals surface area contributed by atoms with Gasteiger partial charge in [-0.05, 0) is 38.7 Å². The van der Waals surface area contributed by atoms with E-state index in [4.69, 9.17) is 4.42 Å². The van der Waals surface area contributed by atoms with Crippen LogP contribution in [0.1, 0.15) is 12.7 Å². The highest BCUT2D eigenvalue weighted by Gasteiger charge is 2.24. The van der Waals surface area contributed by atoms with Crippen LogP contribution in [-0.2, 0) is 6.54 Å². The van der Waals surface area contributed by atoms with Crippen molar-refractivity contribution in [1.82, 2.24) is 15.1 Å². The summed E-state index contributed by atoms with van der Waals surface area (Å²) in [4.78, 5) is 4.81. The molecule has 1 saturated heterocycles. The van der Waals surface area contributed by atoms with Crippen molar-refractivity contribution in [1.29, 1.82) is 0 Å². The summed E-state index contributed by atoms with van der Waals surface area (Å²) in [5.74, 6) is 1.75. The van der Waals surface area contributed by atoms with E-state index in [0.29, 0.717) is 12.0 Å². The third kappa shape index (κ3) is 3.83. The summed E-state index contributed by atoms with van der Waals surface area (Å²) in [6.07, 6.45) is 1.76. The van der Waals surface area contributed by atoms with Gasteiger partial charge in [0.25, 0.3) is 0 Å². The number of likely N-dealkylation sites (N-methyl/N-ethyl adjacent to an activating group) is 1. The quantitative estimate of drug-likeness (QED) is 0.873. The smallest absolute Gasteiger partial charge is 0.117 e. The molecule has 2 atom stereocenters. The molecule has 2 unspecified atom stereocenters. The molecule has 1 aromatic rings. The van der Waals surface area contributed by atoms with Crippen LogP contribution >= 0.6 is 0 Å². The third-order valence-electron chi connectivity index (χ3n) is 3.45. The second-order valence-corrected chi connectivity index (χ2v) is 5.69. The SMILES string of the molecule is CC1CNCC(CN(C)C)N(Cc2ccco2)C1. The highest BCUT2D eigenvalue weighted by molar-refractivity contribution is 4.99. The second kappa shape index (κ2) is 6.36. The molecule has 1 N–H and O–H groups in total. The van der Waals surface area contributed by atoms with Crippen molar-refractivity contribution in [2.24, 2.45) is 5.92 Å². The molecule has 0 spiro atoms. The molecule has 1 aromatic heterocycles. The van der Waals surface area contributed by atoms with Gasteiger partial charge in [-0.2, -0.15) is 0 Å². The molecule has 4 nitrogen and oxygen atoms in total. The molecular weight excluding hydrogens is 226 g/mol. The van der Waals surface area contributed by atoms with Crippen molar-refractivity contribution < 1.29 is 4.42 Å². The summed E-state index contributed by atoms with van der Waals surface area (Å²) in [5.41, 5.74) is 0. The fourth-order valence-electron chi connectivity index (χ4n) is 2.64. The number of hydrogen-bond donors (Lipinski definition) is 1. The summed E-state index contributed by atoms with van der Waals surface area (Å²) in [5, 5.41) is 3.56. The number of hydrogen-bond acceptors (Lipinski definition) is 4. The molecule has 0 aliphatic carbocycles. The Morgan fingerprint density at radius 3 is 2.94 bits per heavy atom. The van der Waals surface area contributed by atoms with Gasteiger partial charge in [-0.1, -0.05) is 6.92 Å². The maximum absolute atomic E-state index is 5.49. The number of nitrogens with one attached hydrogen (secondary N) is 1. The van der Waals surface area contributed by atoms with Crippen LogP contribution in [-0.4, -0.2) is 56.1 Å². The standard InChI is InChI=1S/C14H25N3O/c1-12-7-15-8-13(10-16(2)3)17(9-12)11-14-5-4-6-18-14/h4-6,12-13,15H,7-11H2,1-3H3. The lowest BCUT2D eigenvalue weighted by atomic mass is 10.1. The van der Waals surface area contributed by atoms with Crippen LogP contribution in [0, 0.1) is 5.92 Å². The molecule has 2 rings (SSSR count). The molecule has 1 fully saturated rings. The Bertz CT molecular complexity index is 337. The van der Waals surface area contributed by atoms with E-state index in [1.54, 1.807) is 6.26 Å². The van der Waals surface area contributed by atoms with E-state index in [0.717, 1.165) is 38.5 Å². The predicted octanol–water partition coefficient (Wildman–Crippen LogP) is 1.25. The largest absolute Gasteiger partial charge is 0.468 e. The average molecular weight is 251 g/mol. The van der Waals surface area contributed by atoms with E-state index < -0.39 is 0 Å². The van der Waals surface area contributed by atoms with E-state index in [1.807, 2.05) is 6.07 Å². The van der Waals surface area contributed by atoms with Crippen molar-refractivity contribution in [3.05, 3.63) is 24.2 Å². The van der Waals surface area contributed by atoms with Crippen LogP contribution in [0.5, 0.6) is 0 Å². The van der Waals surface area contributed by atoms with Crippen molar-refractivity contribution in [2.45, 2.75) is 19.5 Å². The highest BCUT2D eigenvalue weighted by atomic mass is 16.3. The minimum atomic E-state index is 0.551. The Morgan fingerprint density at radius 1 is 1.44 bits per heavy atom. The van der Waals surface area contributed by atoms with E-state index in [1.165, 1.54) is 0 Å². The Kier molecular flexibility index (Phi) is 4.80. The minimum absolute atomic E-state index is 0.551. The lowest BCUT2D eigenvalue weighted by Gasteiger charge is -2.31. The van der Waals surface area contributed by atoms with Gasteiger partial charge in [0, 0.05) is 25.7 Å². The fourth-order valence-corrected chi connectivity index (χ4v) is 2.64. The van der Waals surface area contributed by atoms with Gasteiger partial charge in [0.15, 0.2) is 0 Å². The first-order valence-electron chi connectivity index (χ1n) is 6.77. The van der Waals surface area contributed by atoms with Gasteiger partial charge in [0.2, 0.25) is 0 Å². The summed E-state index contributed by atoms with van der Waals surface area (Å²) in [6, 6.07) is 4.58. The maximum atomic E-state index is 5.49. The third-order valence-corrected chi connectivity index (χ3v) is 3.45. The van der Waals surface area contributed by atoms with Crippen LogP contribution in [0.2, 0.25) is 0 Å². The lowest BCUT2D eigenvalue weighted by Crippen LogP contribution is -2.45. The van der Waals surface area contributed by atoms with E-state index in [9.17, 15) is 0 Å².